The summed E-state index contributed by atoms with van der Waals surface area (Å²) in [4.78, 5) is 18.8. The Bertz CT molecular complexity index is 377. The van der Waals surface area contributed by atoms with Crippen LogP contribution in [0.4, 0.5) is 5.13 Å². The van der Waals surface area contributed by atoms with E-state index in [-0.39, 0.29) is 5.97 Å². The number of hydrogen-bond acceptors (Lipinski definition) is 5. The zero-order valence-corrected chi connectivity index (χ0v) is 11.8. The first kappa shape index (κ1) is 14.0. The maximum absolute atomic E-state index is 11.5. The Morgan fingerprint density at radius 3 is 2.71 bits per heavy atom. The van der Waals surface area contributed by atoms with Crippen LogP contribution >= 0.6 is 11.3 Å². The summed E-state index contributed by atoms with van der Waals surface area (Å²) >= 11 is 1.42. The van der Waals surface area contributed by atoms with Crippen LogP contribution in [0, 0.1) is 6.92 Å². The first-order valence-electron chi connectivity index (χ1n) is 5.94. The normalized spacial score (nSPS) is 10.4. The van der Waals surface area contributed by atoms with Crippen LogP contribution in [0.1, 0.15) is 42.1 Å². The number of unbranched alkanes of at least 4 members (excludes halogenated alkanes) is 1. The average Bonchev–Trinajstić information content (AvgIpc) is 2.71. The molecule has 0 unspecified atom stereocenters. The highest BCUT2D eigenvalue weighted by molar-refractivity contribution is 7.17. The van der Waals surface area contributed by atoms with E-state index in [2.05, 4.69) is 23.7 Å². The Kier molecular flexibility index (Phi) is 5.41. The fourth-order valence-electron chi connectivity index (χ4n) is 1.54. The molecular formula is C12H20N2O2S. The molecule has 0 aliphatic heterocycles. The number of aryl methyl sites for hydroxylation is 1. The predicted molar refractivity (Wildman–Crippen MR) is 71.0 cm³/mol. The van der Waals surface area contributed by atoms with Crippen LogP contribution in [0.3, 0.4) is 0 Å². The van der Waals surface area contributed by atoms with Gasteiger partial charge in [0, 0.05) is 13.1 Å². The molecule has 0 aliphatic carbocycles. The van der Waals surface area contributed by atoms with Crippen LogP contribution in [0.15, 0.2) is 0 Å². The molecule has 1 aromatic heterocycles. The van der Waals surface area contributed by atoms with E-state index in [1.807, 2.05) is 6.92 Å². The van der Waals surface area contributed by atoms with Crippen LogP contribution in [-0.2, 0) is 4.74 Å². The van der Waals surface area contributed by atoms with E-state index in [0.717, 1.165) is 36.8 Å². The zero-order chi connectivity index (χ0) is 12.8. The van der Waals surface area contributed by atoms with E-state index in [9.17, 15) is 4.79 Å². The van der Waals surface area contributed by atoms with Gasteiger partial charge in [0.05, 0.1) is 12.8 Å². The number of aromatic nitrogens is 1. The fraction of sp³-hybridized carbons (Fsp3) is 0.667. The summed E-state index contributed by atoms with van der Waals surface area (Å²) in [6.45, 7) is 8.01. The molecular weight excluding hydrogens is 236 g/mol. The molecule has 1 rings (SSSR count). The minimum absolute atomic E-state index is 0.294. The number of anilines is 1. The van der Waals surface area contributed by atoms with E-state index in [1.165, 1.54) is 18.4 Å². The summed E-state index contributed by atoms with van der Waals surface area (Å²) in [5.74, 6) is -0.294. The third-order valence-corrected chi connectivity index (χ3v) is 3.79. The van der Waals surface area contributed by atoms with Gasteiger partial charge in [-0.25, -0.2) is 9.78 Å². The molecule has 0 aromatic carbocycles. The second-order valence-corrected chi connectivity index (χ2v) is 4.81. The number of rotatable bonds is 6. The number of carbonyl (C=O) groups excluding carboxylic acids is 1. The van der Waals surface area contributed by atoms with Gasteiger partial charge < -0.3 is 9.64 Å². The molecule has 1 heterocycles. The first-order chi connectivity index (χ1) is 8.13. The molecule has 0 radical (unpaired) electrons. The van der Waals surface area contributed by atoms with Crippen molar-refractivity contribution in [3.8, 4) is 0 Å². The van der Waals surface area contributed by atoms with E-state index in [1.54, 1.807) is 0 Å². The number of carbonyl (C=O) groups is 1. The molecule has 0 amide bonds. The maximum Gasteiger partial charge on any atom is 0.350 e. The summed E-state index contributed by atoms with van der Waals surface area (Å²) in [5.41, 5.74) is 0.756. The predicted octanol–water partition coefficient (Wildman–Crippen LogP) is 2.86. The molecule has 5 heteroatoms. The molecule has 0 bridgehead atoms. The van der Waals surface area contributed by atoms with Gasteiger partial charge in [-0.1, -0.05) is 24.7 Å². The number of hydrogen-bond donors (Lipinski definition) is 0. The van der Waals surface area contributed by atoms with Gasteiger partial charge in [-0.2, -0.15) is 0 Å². The molecule has 0 spiro atoms. The highest BCUT2D eigenvalue weighted by Gasteiger charge is 2.18. The highest BCUT2D eigenvalue weighted by Crippen LogP contribution is 2.26. The van der Waals surface area contributed by atoms with Gasteiger partial charge in [0.15, 0.2) is 5.13 Å². The number of nitrogens with zero attached hydrogens (tertiary/aromatic N) is 2. The summed E-state index contributed by atoms with van der Waals surface area (Å²) < 4.78 is 4.74. The zero-order valence-electron chi connectivity index (χ0n) is 10.9. The van der Waals surface area contributed by atoms with Crippen molar-refractivity contribution in [2.45, 2.75) is 33.6 Å². The van der Waals surface area contributed by atoms with Crippen LogP contribution in [0.5, 0.6) is 0 Å². The van der Waals surface area contributed by atoms with Crippen molar-refractivity contribution in [2.24, 2.45) is 0 Å². The Labute approximate surface area is 107 Å². The molecule has 1 aromatic rings. The highest BCUT2D eigenvalue weighted by atomic mass is 32.1. The third-order valence-electron chi connectivity index (χ3n) is 2.59. The van der Waals surface area contributed by atoms with E-state index >= 15 is 0 Å². The molecule has 17 heavy (non-hydrogen) atoms. The minimum Gasteiger partial charge on any atom is -0.465 e. The maximum atomic E-state index is 11.5. The molecule has 4 nitrogen and oxygen atoms in total. The number of thiazole rings is 1. The third kappa shape index (κ3) is 3.43. The lowest BCUT2D eigenvalue weighted by Gasteiger charge is -2.18. The second kappa shape index (κ2) is 6.59. The quantitative estimate of drug-likeness (QED) is 0.734. The molecule has 0 N–H and O–H groups in total. The summed E-state index contributed by atoms with van der Waals surface area (Å²) in [7, 11) is 1.40. The van der Waals surface area contributed by atoms with Crippen LogP contribution < -0.4 is 4.90 Å². The molecule has 96 valence electrons. The lowest BCUT2D eigenvalue weighted by atomic mass is 10.3. The molecule has 0 aliphatic rings. The molecule has 0 atom stereocenters. The average molecular weight is 256 g/mol. The lowest BCUT2D eigenvalue weighted by molar-refractivity contribution is 0.0605. The van der Waals surface area contributed by atoms with Gasteiger partial charge in [0.25, 0.3) is 0 Å². The van der Waals surface area contributed by atoms with Gasteiger partial charge in [-0.3, -0.25) is 0 Å². The first-order valence-corrected chi connectivity index (χ1v) is 6.76. The minimum atomic E-state index is -0.294. The van der Waals surface area contributed by atoms with Gasteiger partial charge in [-0.05, 0) is 20.3 Å². The Hall–Kier alpha value is -1.10. The Balaban J connectivity index is 2.86. The van der Waals surface area contributed by atoms with Crippen LogP contribution in [0.2, 0.25) is 0 Å². The van der Waals surface area contributed by atoms with Gasteiger partial charge in [-0.15, -0.1) is 0 Å². The standard InChI is InChI=1S/C12H20N2O2S/c1-5-7-8-14(6-2)12-13-9(3)10(17-12)11(15)16-4/h5-8H2,1-4H3. The van der Waals surface area contributed by atoms with Crippen molar-refractivity contribution in [3.05, 3.63) is 10.6 Å². The van der Waals surface area contributed by atoms with E-state index < -0.39 is 0 Å². The Morgan fingerprint density at radius 1 is 1.47 bits per heavy atom. The van der Waals surface area contributed by atoms with Gasteiger partial charge in [0.2, 0.25) is 0 Å². The van der Waals surface area contributed by atoms with Gasteiger partial charge >= 0.3 is 5.97 Å². The smallest absolute Gasteiger partial charge is 0.350 e. The summed E-state index contributed by atoms with van der Waals surface area (Å²) in [6, 6.07) is 0. The van der Waals surface area contributed by atoms with E-state index in [4.69, 9.17) is 4.74 Å². The fourth-order valence-corrected chi connectivity index (χ4v) is 2.61. The van der Waals surface area contributed by atoms with Crippen molar-refractivity contribution in [1.82, 2.24) is 4.98 Å². The van der Waals surface area contributed by atoms with E-state index in [0.29, 0.717) is 4.88 Å². The summed E-state index contributed by atoms with van der Waals surface area (Å²) in [6.07, 6.45) is 2.30. The van der Waals surface area contributed by atoms with Crippen molar-refractivity contribution in [2.75, 3.05) is 25.1 Å². The largest absolute Gasteiger partial charge is 0.465 e. The monoisotopic (exact) mass is 256 g/mol. The molecule has 0 fully saturated rings. The summed E-state index contributed by atoms with van der Waals surface area (Å²) in [5, 5.41) is 0.916. The number of methoxy groups -OCH3 is 1. The number of esters is 1. The van der Waals surface area contributed by atoms with Crippen molar-refractivity contribution >= 4 is 22.4 Å². The second-order valence-electron chi connectivity index (χ2n) is 3.84. The molecule has 0 saturated carbocycles. The van der Waals surface area contributed by atoms with Crippen molar-refractivity contribution in [1.29, 1.82) is 0 Å². The van der Waals surface area contributed by atoms with Crippen LogP contribution in [-0.4, -0.2) is 31.2 Å². The van der Waals surface area contributed by atoms with Crippen LogP contribution in [0.25, 0.3) is 0 Å². The Morgan fingerprint density at radius 2 is 2.18 bits per heavy atom. The number of ether oxygens (including phenoxy) is 1. The van der Waals surface area contributed by atoms with Crippen molar-refractivity contribution in [3.63, 3.8) is 0 Å². The van der Waals surface area contributed by atoms with Gasteiger partial charge in [0.1, 0.15) is 4.88 Å². The topological polar surface area (TPSA) is 42.4 Å². The molecule has 0 saturated heterocycles. The SMILES string of the molecule is CCCCN(CC)c1nc(C)c(C(=O)OC)s1. The van der Waals surface area contributed by atoms with Crippen molar-refractivity contribution < 1.29 is 9.53 Å². The lowest BCUT2D eigenvalue weighted by Crippen LogP contribution is -2.23.